The van der Waals surface area contributed by atoms with Gasteiger partial charge < -0.3 is 10.6 Å². The average molecular weight is 400 g/mol. The number of hydrogen-bond donors (Lipinski definition) is 1. The first kappa shape index (κ1) is 19.6. The number of sulfonamides is 1. The molecule has 6 nitrogen and oxygen atoms in total. The lowest BCUT2D eigenvalue weighted by Crippen LogP contribution is -2.38. The molecule has 2 N–H and O–H groups in total. The first-order valence-electron chi connectivity index (χ1n) is 8.94. The van der Waals surface area contributed by atoms with Crippen molar-refractivity contribution in [1.82, 2.24) is 9.21 Å². The van der Waals surface area contributed by atoms with Gasteiger partial charge in [-0.3, -0.25) is 4.79 Å². The largest absolute Gasteiger partial charge is 0.369 e. The fraction of sp³-hybridized carbons (Fsp3) is 0.611. The van der Waals surface area contributed by atoms with Gasteiger partial charge in [-0.05, 0) is 69.4 Å². The molecule has 2 saturated heterocycles. The van der Waals surface area contributed by atoms with Crippen LogP contribution >= 0.6 is 11.6 Å². The van der Waals surface area contributed by atoms with Crippen molar-refractivity contribution in [3.8, 4) is 0 Å². The molecule has 0 unspecified atom stereocenters. The number of nitrogens with two attached hydrogens (primary N) is 1. The number of carbonyl (C=O) groups is 1. The Morgan fingerprint density at radius 3 is 2.46 bits per heavy atom. The lowest BCUT2D eigenvalue weighted by atomic mass is 9.78. The van der Waals surface area contributed by atoms with E-state index in [-0.39, 0.29) is 17.4 Å². The fourth-order valence-electron chi connectivity index (χ4n) is 4.11. The lowest BCUT2D eigenvalue weighted by Gasteiger charge is -2.34. The summed E-state index contributed by atoms with van der Waals surface area (Å²) in [5.41, 5.74) is 6.44. The van der Waals surface area contributed by atoms with E-state index in [1.165, 1.54) is 10.4 Å². The Kier molecular flexibility index (Phi) is 5.63. The zero-order valence-corrected chi connectivity index (χ0v) is 16.8. The van der Waals surface area contributed by atoms with Gasteiger partial charge in [0.1, 0.15) is 0 Å². The Morgan fingerprint density at radius 1 is 1.23 bits per heavy atom. The second-order valence-corrected chi connectivity index (χ2v) is 9.89. The molecule has 2 heterocycles. The molecular weight excluding hydrogens is 374 g/mol. The van der Waals surface area contributed by atoms with Crippen LogP contribution < -0.4 is 5.73 Å². The zero-order chi connectivity index (χ0) is 19.1. The van der Waals surface area contributed by atoms with E-state index < -0.39 is 21.8 Å². The topological polar surface area (TPSA) is 83.7 Å². The average Bonchev–Trinajstić information content (AvgIpc) is 3.04. The Balaban J connectivity index is 1.84. The molecule has 8 heteroatoms. The summed E-state index contributed by atoms with van der Waals surface area (Å²) in [6.07, 6.45) is 1.93. The molecule has 0 bridgehead atoms. The van der Waals surface area contributed by atoms with Gasteiger partial charge in [0.2, 0.25) is 15.9 Å². The number of nitrogens with zero attached hydrogens (tertiary/aromatic N) is 2. The highest BCUT2D eigenvalue weighted by Crippen LogP contribution is 2.38. The maximum absolute atomic E-state index is 13.1. The Hall–Kier alpha value is -1.15. The van der Waals surface area contributed by atoms with Gasteiger partial charge in [0.15, 0.2) is 0 Å². The van der Waals surface area contributed by atoms with Gasteiger partial charge in [0, 0.05) is 18.1 Å². The number of halogens is 1. The van der Waals surface area contributed by atoms with Crippen LogP contribution in [0.5, 0.6) is 0 Å². The van der Waals surface area contributed by atoms with Gasteiger partial charge in [-0.2, -0.15) is 4.31 Å². The number of hydrogen-bond acceptors (Lipinski definition) is 4. The molecule has 1 aromatic rings. The van der Waals surface area contributed by atoms with Crippen molar-refractivity contribution in [3.63, 3.8) is 0 Å². The number of primary amides is 1. The van der Waals surface area contributed by atoms with Crippen molar-refractivity contribution in [2.45, 2.75) is 24.7 Å². The highest BCUT2D eigenvalue weighted by atomic mass is 35.5. The van der Waals surface area contributed by atoms with Gasteiger partial charge in [0.25, 0.3) is 0 Å². The molecule has 2 aliphatic rings. The van der Waals surface area contributed by atoms with E-state index in [0.717, 1.165) is 31.5 Å². The number of likely N-dealkylation sites (tertiary alicyclic amines) is 1. The first-order chi connectivity index (χ1) is 12.2. The third-order valence-corrected chi connectivity index (χ3v) is 8.08. The summed E-state index contributed by atoms with van der Waals surface area (Å²) < 4.78 is 27.5. The molecule has 144 valence electrons. The fourth-order valence-corrected chi connectivity index (χ4v) is 5.88. The SMILES string of the molecule is Cc1ccc(S(=O)(=O)N2C[C@@H](C(N)=O)[C@H](C3CCN(C)CC3)C2)cc1Cl. The number of carbonyl (C=O) groups excluding carboxylic acids is 1. The van der Waals surface area contributed by atoms with E-state index in [0.29, 0.717) is 17.5 Å². The Bertz CT molecular complexity index is 791. The number of amides is 1. The first-order valence-corrected chi connectivity index (χ1v) is 10.8. The quantitative estimate of drug-likeness (QED) is 0.835. The second-order valence-electron chi connectivity index (χ2n) is 7.55. The molecule has 26 heavy (non-hydrogen) atoms. The van der Waals surface area contributed by atoms with Crippen molar-refractivity contribution in [2.24, 2.45) is 23.5 Å². The third kappa shape index (κ3) is 3.76. The maximum atomic E-state index is 13.1. The van der Waals surface area contributed by atoms with Crippen LogP contribution in [-0.2, 0) is 14.8 Å². The molecule has 1 amide bonds. The lowest BCUT2D eigenvalue weighted by molar-refractivity contribution is -0.123. The molecule has 0 radical (unpaired) electrons. The van der Waals surface area contributed by atoms with E-state index in [9.17, 15) is 13.2 Å². The maximum Gasteiger partial charge on any atom is 0.243 e. The van der Waals surface area contributed by atoms with Crippen LogP contribution in [0, 0.1) is 24.7 Å². The summed E-state index contributed by atoms with van der Waals surface area (Å²) >= 11 is 6.11. The molecule has 0 aliphatic carbocycles. The number of rotatable bonds is 4. The van der Waals surface area contributed by atoms with E-state index in [4.69, 9.17) is 17.3 Å². The summed E-state index contributed by atoms with van der Waals surface area (Å²) in [6, 6.07) is 4.75. The number of aryl methyl sites for hydroxylation is 1. The molecule has 0 spiro atoms. The molecule has 2 aliphatic heterocycles. The van der Waals surface area contributed by atoms with Gasteiger partial charge in [-0.15, -0.1) is 0 Å². The van der Waals surface area contributed by atoms with E-state index in [2.05, 4.69) is 11.9 Å². The minimum Gasteiger partial charge on any atom is -0.369 e. The summed E-state index contributed by atoms with van der Waals surface area (Å²) in [6.45, 7) is 4.25. The molecule has 2 atom stereocenters. The van der Waals surface area contributed by atoms with Crippen LogP contribution in [0.25, 0.3) is 0 Å². The molecule has 0 aromatic heterocycles. The Morgan fingerprint density at radius 2 is 1.88 bits per heavy atom. The predicted octanol–water partition coefficient (Wildman–Crippen LogP) is 1.71. The molecule has 0 saturated carbocycles. The van der Waals surface area contributed by atoms with E-state index >= 15 is 0 Å². The standard InChI is InChI=1S/C18H26ClN3O3S/c1-12-3-4-14(9-17(12)19)26(24,25)22-10-15(16(11-22)18(20)23)13-5-7-21(2)8-6-13/h3-4,9,13,15-16H,5-8,10-11H2,1-2H3,(H2,20,23)/t15-,16+/m0/s1. The summed E-state index contributed by atoms with van der Waals surface area (Å²) in [5, 5.41) is 0.420. The van der Waals surface area contributed by atoms with Crippen LogP contribution in [0.2, 0.25) is 5.02 Å². The van der Waals surface area contributed by atoms with E-state index in [1.54, 1.807) is 12.1 Å². The highest BCUT2D eigenvalue weighted by Gasteiger charge is 2.45. The second kappa shape index (κ2) is 7.46. The van der Waals surface area contributed by atoms with Crippen molar-refractivity contribution in [2.75, 3.05) is 33.2 Å². The molecule has 1 aromatic carbocycles. The normalized spacial score (nSPS) is 26.3. The van der Waals surface area contributed by atoms with Gasteiger partial charge in [0.05, 0.1) is 10.8 Å². The predicted molar refractivity (Wildman–Crippen MR) is 101 cm³/mol. The highest BCUT2D eigenvalue weighted by molar-refractivity contribution is 7.89. The molecular formula is C18H26ClN3O3S. The molecule has 3 rings (SSSR count). The van der Waals surface area contributed by atoms with Gasteiger partial charge in [-0.25, -0.2) is 8.42 Å². The minimum absolute atomic E-state index is 0.0168. The summed E-state index contributed by atoms with van der Waals surface area (Å²) in [7, 11) is -1.62. The third-order valence-electron chi connectivity index (χ3n) is 5.85. The Labute approximate surface area is 160 Å². The summed E-state index contributed by atoms with van der Waals surface area (Å²) in [5.74, 6) is -0.532. The van der Waals surface area contributed by atoms with Crippen LogP contribution in [0.4, 0.5) is 0 Å². The van der Waals surface area contributed by atoms with Crippen molar-refractivity contribution in [3.05, 3.63) is 28.8 Å². The van der Waals surface area contributed by atoms with Crippen LogP contribution in [0.3, 0.4) is 0 Å². The zero-order valence-electron chi connectivity index (χ0n) is 15.2. The summed E-state index contributed by atoms with van der Waals surface area (Å²) in [4.78, 5) is 14.4. The van der Waals surface area contributed by atoms with Crippen molar-refractivity contribution < 1.29 is 13.2 Å². The monoisotopic (exact) mass is 399 g/mol. The molecule has 2 fully saturated rings. The number of benzene rings is 1. The smallest absolute Gasteiger partial charge is 0.243 e. The van der Waals surface area contributed by atoms with Crippen molar-refractivity contribution >= 4 is 27.5 Å². The minimum atomic E-state index is -3.70. The van der Waals surface area contributed by atoms with Crippen molar-refractivity contribution in [1.29, 1.82) is 0 Å². The van der Waals surface area contributed by atoms with Gasteiger partial charge >= 0.3 is 0 Å². The van der Waals surface area contributed by atoms with Crippen LogP contribution in [-0.4, -0.2) is 56.8 Å². The van der Waals surface area contributed by atoms with Gasteiger partial charge in [-0.1, -0.05) is 17.7 Å². The van der Waals surface area contributed by atoms with Crippen LogP contribution in [0.1, 0.15) is 18.4 Å². The van der Waals surface area contributed by atoms with E-state index in [1.807, 2.05) is 6.92 Å². The number of piperidine rings is 1. The van der Waals surface area contributed by atoms with Crippen LogP contribution in [0.15, 0.2) is 23.1 Å².